The van der Waals surface area contributed by atoms with E-state index in [2.05, 4.69) is 40.1 Å². The molecule has 0 aliphatic heterocycles. The second kappa shape index (κ2) is 5.91. The van der Waals surface area contributed by atoms with Gasteiger partial charge < -0.3 is 9.88 Å². The molecule has 0 unspecified atom stereocenters. The summed E-state index contributed by atoms with van der Waals surface area (Å²) in [6.45, 7) is 5.93. The lowest BCUT2D eigenvalue weighted by atomic mass is 10.1. The van der Waals surface area contributed by atoms with Gasteiger partial charge in [-0.25, -0.2) is 4.98 Å². The van der Waals surface area contributed by atoms with Crippen LogP contribution in [0.15, 0.2) is 30.5 Å². The molecule has 0 amide bonds. The van der Waals surface area contributed by atoms with Crippen LogP contribution < -0.4 is 5.32 Å². The molecule has 0 saturated carbocycles. The Kier molecular flexibility index (Phi) is 4.26. The first-order chi connectivity index (χ1) is 8.69. The van der Waals surface area contributed by atoms with Crippen LogP contribution in [-0.4, -0.2) is 16.1 Å². The molecule has 1 aromatic heterocycles. The maximum atomic E-state index is 5.85. The van der Waals surface area contributed by atoms with Crippen molar-refractivity contribution in [1.29, 1.82) is 0 Å². The molecule has 4 heteroatoms. The molecule has 0 atom stereocenters. The molecule has 0 aliphatic rings. The summed E-state index contributed by atoms with van der Waals surface area (Å²) in [6, 6.07) is 7.96. The standard InChI is InChI=1S/C14H18ClN3/c1-3-18-10-11(2)17-14(18)16-9-8-12-4-6-13(15)7-5-12/h4-7,10H,3,8-9H2,1-2H3,(H,16,17). The lowest BCUT2D eigenvalue weighted by Crippen LogP contribution is -2.09. The highest BCUT2D eigenvalue weighted by atomic mass is 35.5. The van der Waals surface area contributed by atoms with Crippen molar-refractivity contribution in [2.24, 2.45) is 0 Å². The Labute approximate surface area is 113 Å². The van der Waals surface area contributed by atoms with E-state index < -0.39 is 0 Å². The van der Waals surface area contributed by atoms with Crippen molar-refractivity contribution in [3.63, 3.8) is 0 Å². The monoisotopic (exact) mass is 263 g/mol. The van der Waals surface area contributed by atoms with Crippen LogP contribution in [0.5, 0.6) is 0 Å². The first-order valence-corrected chi connectivity index (χ1v) is 6.59. The van der Waals surface area contributed by atoms with Gasteiger partial charge in [0.2, 0.25) is 5.95 Å². The molecule has 0 fully saturated rings. The van der Waals surface area contributed by atoms with Gasteiger partial charge in [-0.05, 0) is 38.0 Å². The quantitative estimate of drug-likeness (QED) is 0.895. The van der Waals surface area contributed by atoms with Gasteiger partial charge in [-0.15, -0.1) is 0 Å². The molecule has 2 aromatic rings. The number of benzene rings is 1. The summed E-state index contributed by atoms with van der Waals surface area (Å²) in [6.07, 6.45) is 3.03. The third-order valence-corrected chi connectivity index (χ3v) is 3.10. The fourth-order valence-corrected chi connectivity index (χ4v) is 2.02. The van der Waals surface area contributed by atoms with E-state index in [1.54, 1.807) is 0 Å². The maximum Gasteiger partial charge on any atom is 0.203 e. The Balaban J connectivity index is 1.90. The molecule has 3 nitrogen and oxygen atoms in total. The van der Waals surface area contributed by atoms with Gasteiger partial charge in [-0.2, -0.15) is 0 Å². The molecule has 1 heterocycles. The van der Waals surface area contributed by atoms with Gasteiger partial charge in [0.15, 0.2) is 0 Å². The number of aromatic nitrogens is 2. The molecule has 2 rings (SSSR count). The normalized spacial score (nSPS) is 10.6. The smallest absolute Gasteiger partial charge is 0.203 e. The minimum Gasteiger partial charge on any atom is -0.355 e. The number of hydrogen-bond donors (Lipinski definition) is 1. The Bertz CT molecular complexity index is 502. The SMILES string of the molecule is CCn1cc(C)nc1NCCc1ccc(Cl)cc1. The molecule has 1 N–H and O–H groups in total. The molecule has 0 spiro atoms. The summed E-state index contributed by atoms with van der Waals surface area (Å²) in [7, 11) is 0. The largest absolute Gasteiger partial charge is 0.355 e. The first kappa shape index (κ1) is 13.0. The molecule has 18 heavy (non-hydrogen) atoms. The van der Waals surface area contributed by atoms with Gasteiger partial charge in [0.05, 0.1) is 5.69 Å². The van der Waals surface area contributed by atoms with Crippen LogP contribution in [0, 0.1) is 6.92 Å². The van der Waals surface area contributed by atoms with E-state index >= 15 is 0 Å². The fraction of sp³-hybridized carbons (Fsp3) is 0.357. The van der Waals surface area contributed by atoms with Crippen molar-refractivity contribution in [2.45, 2.75) is 26.8 Å². The average molecular weight is 264 g/mol. The predicted molar refractivity (Wildman–Crippen MR) is 76.3 cm³/mol. The molecule has 1 aromatic carbocycles. The number of rotatable bonds is 5. The molecule has 0 saturated heterocycles. The molecular weight excluding hydrogens is 246 g/mol. The number of hydrogen-bond acceptors (Lipinski definition) is 2. The van der Waals surface area contributed by atoms with Crippen molar-refractivity contribution in [3.05, 3.63) is 46.7 Å². The Morgan fingerprint density at radius 2 is 2.00 bits per heavy atom. The molecular formula is C14H18ClN3. The zero-order chi connectivity index (χ0) is 13.0. The number of nitrogens with zero attached hydrogens (tertiary/aromatic N) is 2. The number of anilines is 1. The van der Waals surface area contributed by atoms with Gasteiger partial charge in [-0.3, -0.25) is 0 Å². The van der Waals surface area contributed by atoms with Crippen molar-refractivity contribution in [3.8, 4) is 0 Å². The highest BCUT2D eigenvalue weighted by Gasteiger charge is 2.02. The van der Waals surface area contributed by atoms with Gasteiger partial charge in [-0.1, -0.05) is 23.7 Å². The molecule has 0 radical (unpaired) electrons. The summed E-state index contributed by atoms with van der Waals surface area (Å²) in [5, 5.41) is 4.15. The van der Waals surface area contributed by atoms with E-state index in [9.17, 15) is 0 Å². The summed E-state index contributed by atoms with van der Waals surface area (Å²) >= 11 is 5.85. The summed E-state index contributed by atoms with van der Waals surface area (Å²) < 4.78 is 2.12. The topological polar surface area (TPSA) is 29.9 Å². The maximum absolute atomic E-state index is 5.85. The van der Waals surface area contributed by atoms with Crippen LogP contribution in [0.25, 0.3) is 0 Å². The van der Waals surface area contributed by atoms with E-state index in [1.165, 1.54) is 5.56 Å². The predicted octanol–water partition coefficient (Wildman–Crippen LogP) is 3.52. The molecule has 0 bridgehead atoms. The molecule has 96 valence electrons. The Hall–Kier alpha value is -1.48. The van der Waals surface area contributed by atoms with Gasteiger partial charge in [0, 0.05) is 24.3 Å². The van der Waals surface area contributed by atoms with Crippen LogP contribution in [0.1, 0.15) is 18.2 Å². The second-order valence-corrected chi connectivity index (χ2v) is 4.73. The summed E-state index contributed by atoms with van der Waals surface area (Å²) in [5.41, 5.74) is 2.32. The third kappa shape index (κ3) is 3.26. The van der Waals surface area contributed by atoms with Crippen molar-refractivity contribution in [2.75, 3.05) is 11.9 Å². The minimum absolute atomic E-state index is 0.781. The zero-order valence-electron chi connectivity index (χ0n) is 10.8. The fourth-order valence-electron chi connectivity index (χ4n) is 1.90. The molecule has 0 aliphatic carbocycles. The van der Waals surface area contributed by atoms with Gasteiger partial charge in [0.25, 0.3) is 0 Å². The highest BCUT2D eigenvalue weighted by Crippen LogP contribution is 2.11. The summed E-state index contributed by atoms with van der Waals surface area (Å²) in [4.78, 5) is 4.46. The van der Waals surface area contributed by atoms with Crippen LogP contribution in [-0.2, 0) is 13.0 Å². The number of nitrogens with one attached hydrogen (secondary N) is 1. The van der Waals surface area contributed by atoms with E-state index in [0.717, 1.165) is 36.2 Å². The lowest BCUT2D eigenvalue weighted by molar-refractivity contribution is 0.761. The van der Waals surface area contributed by atoms with E-state index in [1.807, 2.05) is 19.1 Å². The van der Waals surface area contributed by atoms with Crippen LogP contribution in [0.3, 0.4) is 0 Å². The lowest BCUT2D eigenvalue weighted by Gasteiger charge is -2.07. The van der Waals surface area contributed by atoms with Crippen molar-refractivity contribution >= 4 is 17.5 Å². The van der Waals surface area contributed by atoms with E-state index in [-0.39, 0.29) is 0 Å². The van der Waals surface area contributed by atoms with Gasteiger partial charge >= 0.3 is 0 Å². The Morgan fingerprint density at radius 1 is 1.28 bits per heavy atom. The highest BCUT2D eigenvalue weighted by molar-refractivity contribution is 6.30. The van der Waals surface area contributed by atoms with Crippen LogP contribution in [0.2, 0.25) is 5.02 Å². The van der Waals surface area contributed by atoms with Crippen LogP contribution >= 0.6 is 11.6 Å². The Morgan fingerprint density at radius 3 is 2.67 bits per heavy atom. The van der Waals surface area contributed by atoms with Crippen molar-refractivity contribution < 1.29 is 0 Å². The van der Waals surface area contributed by atoms with E-state index in [4.69, 9.17) is 11.6 Å². The van der Waals surface area contributed by atoms with Crippen molar-refractivity contribution in [1.82, 2.24) is 9.55 Å². The zero-order valence-corrected chi connectivity index (χ0v) is 11.5. The first-order valence-electron chi connectivity index (χ1n) is 6.21. The second-order valence-electron chi connectivity index (χ2n) is 4.30. The number of aryl methyl sites for hydroxylation is 2. The minimum atomic E-state index is 0.781. The number of halogens is 1. The summed E-state index contributed by atoms with van der Waals surface area (Å²) in [5.74, 6) is 0.948. The number of imidazole rings is 1. The van der Waals surface area contributed by atoms with Gasteiger partial charge in [0.1, 0.15) is 0 Å². The van der Waals surface area contributed by atoms with E-state index in [0.29, 0.717) is 0 Å². The van der Waals surface area contributed by atoms with Crippen LogP contribution in [0.4, 0.5) is 5.95 Å². The average Bonchev–Trinajstić information content (AvgIpc) is 2.72. The third-order valence-electron chi connectivity index (χ3n) is 2.85.